The largest absolute Gasteiger partial charge is 0.352 e. The summed E-state index contributed by atoms with van der Waals surface area (Å²) in [6.07, 6.45) is 0.799. The number of carbonyl (C=O) groups is 1. The maximum absolute atomic E-state index is 12.2. The van der Waals surface area contributed by atoms with Crippen LogP contribution in [0.1, 0.15) is 32.1 Å². The summed E-state index contributed by atoms with van der Waals surface area (Å²) in [6.45, 7) is 6.75. The van der Waals surface area contributed by atoms with Crippen LogP contribution in [0.3, 0.4) is 0 Å². The molecule has 1 amide bonds. The highest BCUT2D eigenvalue weighted by atomic mass is 32.1. The van der Waals surface area contributed by atoms with Crippen LogP contribution in [-0.4, -0.2) is 17.4 Å². The highest BCUT2D eigenvalue weighted by Gasteiger charge is 2.10. The van der Waals surface area contributed by atoms with Crippen molar-refractivity contribution >= 4 is 17.2 Å². The van der Waals surface area contributed by atoms with Crippen LogP contribution in [0.25, 0.3) is 10.6 Å². The molecule has 0 saturated heterocycles. The Hall–Kier alpha value is -2.46. The fourth-order valence-electron chi connectivity index (χ4n) is 2.66. The van der Waals surface area contributed by atoms with Gasteiger partial charge >= 0.3 is 0 Å². The molecule has 0 aliphatic heterocycles. The smallest absolute Gasteiger partial charge is 0.251 e. The predicted octanol–water partition coefficient (Wildman–Crippen LogP) is 4.71. The predicted molar refractivity (Wildman–Crippen MR) is 104 cm³/mol. The summed E-state index contributed by atoms with van der Waals surface area (Å²) in [5, 5.41) is 4.03. The van der Waals surface area contributed by atoms with E-state index in [0.717, 1.165) is 28.2 Å². The van der Waals surface area contributed by atoms with Crippen LogP contribution in [0.2, 0.25) is 0 Å². The van der Waals surface area contributed by atoms with Gasteiger partial charge in [-0.2, -0.15) is 0 Å². The lowest BCUT2D eigenvalue weighted by Crippen LogP contribution is -2.25. The summed E-state index contributed by atoms with van der Waals surface area (Å²) < 4.78 is 0. The second-order valence-corrected chi connectivity index (χ2v) is 7.35. The van der Waals surface area contributed by atoms with E-state index in [-0.39, 0.29) is 5.91 Å². The number of rotatable bonds is 5. The normalized spacial score (nSPS) is 10.7. The Kier molecular flexibility index (Phi) is 5.29. The third kappa shape index (κ3) is 4.34. The van der Waals surface area contributed by atoms with Crippen molar-refractivity contribution in [2.24, 2.45) is 0 Å². The first kappa shape index (κ1) is 17.4. The number of nitrogens with one attached hydrogen (secondary N) is 1. The Balaban J connectivity index is 1.62. The molecule has 0 spiro atoms. The van der Waals surface area contributed by atoms with Crippen molar-refractivity contribution < 1.29 is 4.79 Å². The van der Waals surface area contributed by atoms with Crippen molar-refractivity contribution in [3.05, 3.63) is 75.8 Å². The van der Waals surface area contributed by atoms with Crippen LogP contribution in [0, 0.1) is 20.8 Å². The molecule has 0 aliphatic rings. The van der Waals surface area contributed by atoms with Crippen molar-refractivity contribution in [3.8, 4) is 10.6 Å². The zero-order chi connectivity index (χ0) is 17.8. The highest BCUT2D eigenvalue weighted by molar-refractivity contribution is 7.15. The molecular weight excluding hydrogens is 328 g/mol. The molecule has 128 valence electrons. The van der Waals surface area contributed by atoms with Crippen molar-refractivity contribution in [2.75, 3.05) is 6.54 Å². The van der Waals surface area contributed by atoms with Crippen LogP contribution in [0.15, 0.2) is 48.5 Å². The molecular formula is C21H22N2OS. The first-order chi connectivity index (χ1) is 12.0. The fraction of sp³-hybridized carbons (Fsp3) is 0.238. The molecule has 0 unspecified atom stereocenters. The Morgan fingerprint density at radius 1 is 1.04 bits per heavy atom. The summed E-state index contributed by atoms with van der Waals surface area (Å²) in [5.74, 6) is -0.0268. The number of hydrogen-bond acceptors (Lipinski definition) is 3. The van der Waals surface area contributed by atoms with Gasteiger partial charge in [-0.15, -0.1) is 11.3 Å². The zero-order valence-electron chi connectivity index (χ0n) is 14.8. The van der Waals surface area contributed by atoms with E-state index in [0.29, 0.717) is 12.1 Å². The maximum atomic E-state index is 12.2. The standard InChI is InChI=1S/C21H22N2OS/c1-14-7-9-17(10-8-14)20(24)22-12-11-19-16(3)23-21(25-19)18-6-4-5-15(2)13-18/h4-10,13H,11-12H2,1-3H3,(H,22,24). The van der Waals surface area contributed by atoms with Crippen molar-refractivity contribution in [1.29, 1.82) is 0 Å². The number of aromatic nitrogens is 1. The van der Waals surface area contributed by atoms with Crippen molar-refractivity contribution in [2.45, 2.75) is 27.2 Å². The molecule has 1 N–H and O–H groups in total. The second-order valence-electron chi connectivity index (χ2n) is 6.27. The topological polar surface area (TPSA) is 42.0 Å². The molecule has 0 atom stereocenters. The molecule has 0 saturated carbocycles. The number of aryl methyl sites for hydroxylation is 3. The van der Waals surface area contributed by atoms with Gasteiger partial charge in [0.1, 0.15) is 5.01 Å². The fourth-order valence-corrected chi connectivity index (χ4v) is 3.72. The monoisotopic (exact) mass is 350 g/mol. The molecule has 0 aliphatic carbocycles. The Bertz CT molecular complexity index is 881. The maximum Gasteiger partial charge on any atom is 0.251 e. The van der Waals surface area contributed by atoms with E-state index < -0.39 is 0 Å². The lowest BCUT2D eigenvalue weighted by atomic mass is 10.1. The highest BCUT2D eigenvalue weighted by Crippen LogP contribution is 2.28. The van der Waals surface area contributed by atoms with Crippen LogP contribution >= 0.6 is 11.3 Å². The minimum absolute atomic E-state index is 0.0268. The second kappa shape index (κ2) is 7.62. The van der Waals surface area contributed by atoms with Gasteiger partial charge < -0.3 is 5.32 Å². The first-order valence-electron chi connectivity index (χ1n) is 8.41. The minimum Gasteiger partial charge on any atom is -0.352 e. The molecule has 25 heavy (non-hydrogen) atoms. The molecule has 1 aromatic heterocycles. The van der Waals surface area contributed by atoms with Gasteiger partial charge in [0.25, 0.3) is 5.91 Å². The third-order valence-corrected chi connectivity index (χ3v) is 5.38. The van der Waals surface area contributed by atoms with E-state index >= 15 is 0 Å². The molecule has 4 heteroatoms. The lowest BCUT2D eigenvalue weighted by Gasteiger charge is -2.05. The Labute approximate surface area is 152 Å². The molecule has 3 nitrogen and oxygen atoms in total. The van der Waals surface area contributed by atoms with E-state index in [2.05, 4.69) is 36.5 Å². The number of nitrogens with zero attached hydrogens (tertiary/aromatic N) is 1. The molecule has 0 radical (unpaired) electrons. The van der Waals surface area contributed by atoms with Crippen molar-refractivity contribution in [3.63, 3.8) is 0 Å². The van der Waals surface area contributed by atoms with E-state index in [1.165, 1.54) is 10.4 Å². The Morgan fingerprint density at radius 2 is 1.80 bits per heavy atom. The van der Waals surface area contributed by atoms with E-state index in [1.54, 1.807) is 11.3 Å². The van der Waals surface area contributed by atoms with Crippen molar-refractivity contribution in [1.82, 2.24) is 10.3 Å². The van der Waals surface area contributed by atoms with Crippen LogP contribution in [0.4, 0.5) is 0 Å². The first-order valence-corrected chi connectivity index (χ1v) is 9.23. The summed E-state index contributed by atoms with van der Waals surface area (Å²) >= 11 is 1.71. The average molecular weight is 350 g/mol. The molecule has 2 aromatic carbocycles. The number of hydrogen-bond donors (Lipinski definition) is 1. The third-order valence-electron chi connectivity index (χ3n) is 4.11. The van der Waals surface area contributed by atoms with Gasteiger partial charge in [-0.05, 0) is 39.0 Å². The van der Waals surface area contributed by atoms with E-state index in [4.69, 9.17) is 4.98 Å². The Morgan fingerprint density at radius 3 is 2.52 bits per heavy atom. The van der Waals surface area contributed by atoms with E-state index in [9.17, 15) is 4.79 Å². The van der Waals surface area contributed by atoms with Gasteiger partial charge in [0, 0.05) is 29.0 Å². The molecule has 0 bridgehead atoms. The number of thiazole rings is 1. The quantitative estimate of drug-likeness (QED) is 0.724. The minimum atomic E-state index is -0.0268. The molecule has 3 aromatic rings. The van der Waals surface area contributed by atoms with Gasteiger partial charge in [0.05, 0.1) is 5.69 Å². The summed E-state index contributed by atoms with van der Waals surface area (Å²) in [6, 6.07) is 16.0. The van der Waals surface area contributed by atoms with Gasteiger partial charge in [0.2, 0.25) is 0 Å². The number of amides is 1. The number of carbonyl (C=O) groups excluding carboxylic acids is 1. The lowest BCUT2D eigenvalue weighted by molar-refractivity contribution is 0.0954. The van der Waals surface area contributed by atoms with Gasteiger partial charge in [-0.25, -0.2) is 4.98 Å². The molecule has 1 heterocycles. The number of benzene rings is 2. The van der Waals surface area contributed by atoms with E-state index in [1.807, 2.05) is 38.1 Å². The summed E-state index contributed by atoms with van der Waals surface area (Å²) in [4.78, 5) is 18.1. The van der Waals surface area contributed by atoms with Gasteiger partial charge in [0.15, 0.2) is 0 Å². The zero-order valence-corrected chi connectivity index (χ0v) is 15.6. The van der Waals surface area contributed by atoms with Gasteiger partial charge in [-0.1, -0.05) is 41.5 Å². The molecule has 3 rings (SSSR count). The van der Waals surface area contributed by atoms with Gasteiger partial charge in [-0.3, -0.25) is 4.79 Å². The molecule has 0 fully saturated rings. The SMILES string of the molecule is Cc1ccc(C(=O)NCCc2sc(-c3cccc(C)c3)nc2C)cc1. The van der Waals surface area contributed by atoms with Crippen LogP contribution < -0.4 is 5.32 Å². The van der Waals surface area contributed by atoms with Crippen LogP contribution in [-0.2, 0) is 6.42 Å². The average Bonchev–Trinajstić information content (AvgIpc) is 2.96. The summed E-state index contributed by atoms with van der Waals surface area (Å²) in [5.41, 5.74) is 5.29. The summed E-state index contributed by atoms with van der Waals surface area (Å²) in [7, 11) is 0. The van der Waals surface area contributed by atoms with Crippen LogP contribution in [0.5, 0.6) is 0 Å².